The van der Waals surface area contributed by atoms with Crippen LogP contribution in [0.5, 0.6) is 0 Å². The van der Waals surface area contributed by atoms with Crippen molar-refractivity contribution in [2.75, 3.05) is 33.0 Å². The molecule has 3 N–H and O–H groups in total. The molecule has 0 amide bonds. The van der Waals surface area contributed by atoms with Crippen LogP contribution in [0.3, 0.4) is 0 Å². The Morgan fingerprint density at radius 3 is 1.52 bits per heavy atom. The van der Waals surface area contributed by atoms with Crippen LogP contribution in [0.2, 0.25) is 0 Å². The molecule has 0 bridgehead atoms. The van der Waals surface area contributed by atoms with Gasteiger partial charge in [0, 0.05) is 19.6 Å². The molecule has 0 aliphatic heterocycles. The molecule has 306 valence electrons. The molecular formula is C43H82NO7P. The lowest BCUT2D eigenvalue weighted by molar-refractivity contribution is -0.154. The van der Waals surface area contributed by atoms with Crippen molar-refractivity contribution in [3.8, 4) is 0 Å². The molecule has 0 saturated carbocycles. The minimum atomic E-state index is -4.27. The van der Waals surface area contributed by atoms with Crippen molar-refractivity contribution >= 4 is 13.8 Å². The normalized spacial score (nSPS) is 13.8. The molecule has 0 saturated heterocycles. The highest BCUT2D eigenvalue weighted by atomic mass is 31.2. The molecule has 0 aliphatic rings. The Hall–Kier alpha value is -1.28. The summed E-state index contributed by atoms with van der Waals surface area (Å²) in [6.07, 6.45) is 46.0. The summed E-state index contributed by atoms with van der Waals surface area (Å²) in [6, 6.07) is 0. The molecule has 0 aliphatic carbocycles. The number of phosphoric ester groups is 1. The summed E-state index contributed by atoms with van der Waals surface area (Å²) >= 11 is 0. The van der Waals surface area contributed by atoms with Crippen LogP contribution in [0.4, 0.5) is 0 Å². The summed E-state index contributed by atoms with van der Waals surface area (Å²) in [5, 5.41) is 0. The summed E-state index contributed by atoms with van der Waals surface area (Å²) in [5.41, 5.74) is 5.35. The number of esters is 1. The second-order valence-corrected chi connectivity index (χ2v) is 15.7. The lowest BCUT2D eigenvalue weighted by Gasteiger charge is -2.20. The molecule has 0 aromatic rings. The van der Waals surface area contributed by atoms with Crippen molar-refractivity contribution < 1.29 is 32.8 Å². The number of ether oxygens (including phenoxy) is 2. The number of phosphoric acid groups is 1. The molecule has 0 fully saturated rings. The Morgan fingerprint density at radius 2 is 1.02 bits per heavy atom. The van der Waals surface area contributed by atoms with E-state index in [-0.39, 0.29) is 32.3 Å². The molecule has 0 heterocycles. The van der Waals surface area contributed by atoms with E-state index in [1.165, 1.54) is 128 Å². The number of carbonyl (C=O) groups excluding carboxylic acids is 1. The second-order valence-electron chi connectivity index (χ2n) is 14.2. The van der Waals surface area contributed by atoms with Crippen molar-refractivity contribution in [2.45, 2.75) is 200 Å². The molecule has 8 nitrogen and oxygen atoms in total. The van der Waals surface area contributed by atoms with Crippen molar-refractivity contribution in [3.05, 3.63) is 36.5 Å². The highest BCUT2D eigenvalue weighted by molar-refractivity contribution is 7.47. The van der Waals surface area contributed by atoms with Gasteiger partial charge < -0.3 is 20.1 Å². The maximum absolute atomic E-state index is 12.5. The zero-order valence-corrected chi connectivity index (χ0v) is 34.7. The topological polar surface area (TPSA) is 117 Å². The molecule has 0 radical (unpaired) electrons. The largest absolute Gasteiger partial charge is 0.472 e. The van der Waals surface area contributed by atoms with Crippen LogP contribution in [-0.2, 0) is 27.9 Å². The minimum Gasteiger partial charge on any atom is -0.457 e. The smallest absolute Gasteiger partial charge is 0.457 e. The van der Waals surface area contributed by atoms with Gasteiger partial charge in [0.05, 0.1) is 19.8 Å². The second kappa shape index (κ2) is 40.9. The fourth-order valence-electron chi connectivity index (χ4n) is 5.89. The predicted molar refractivity (Wildman–Crippen MR) is 220 cm³/mol. The lowest BCUT2D eigenvalue weighted by Crippen LogP contribution is -2.28. The average molecular weight is 756 g/mol. The van der Waals surface area contributed by atoms with Crippen molar-refractivity contribution in [1.29, 1.82) is 0 Å². The number of hydrogen-bond acceptors (Lipinski definition) is 7. The van der Waals surface area contributed by atoms with Gasteiger partial charge in [0.15, 0.2) is 0 Å². The Kier molecular flexibility index (Phi) is 39.9. The van der Waals surface area contributed by atoms with Crippen molar-refractivity contribution in [3.63, 3.8) is 0 Å². The Bertz CT molecular complexity index is 895. The van der Waals surface area contributed by atoms with Crippen LogP contribution >= 0.6 is 7.82 Å². The maximum atomic E-state index is 12.5. The van der Waals surface area contributed by atoms with E-state index < -0.39 is 13.9 Å². The monoisotopic (exact) mass is 756 g/mol. The molecule has 0 aromatic heterocycles. The van der Waals surface area contributed by atoms with E-state index in [4.69, 9.17) is 24.3 Å². The first-order chi connectivity index (χ1) is 25.4. The van der Waals surface area contributed by atoms with E-state index in [2.05, 4.69) is 50.3 Å². The number of rotatable bonds is 41. The standard InChI is InChI=1S/C43H82NO7P/c1-3-5-7-9-11-13-14-15-16-17-18-19-20-21-22-23-24-25-26-27-28-29-30-32-34-36-43(45)51-42(41-50-52(46,47)49-39-37-44)40-48-38-35-33-31-12-10-8-6-4-2/h14-15,17-18,20-21,42H,3-13,16,19,22-41,44H2,1-2H3,(H,46,47)/b15-14-,18-17-,21-20-. The van der Waals surface area contributed by atoms with Gasteiger partial charge in [-0.1, -0.05) is 172 Å². The molecule has 2 atom stereocenters. The van der Waals surface area contributed by atoms with Crippen LogP contribution < -0.4 is 5.73 Å². The Morgan fingerprint density at radius 1 is 0.577 bits per heavy atom. The molecular weight excluding hydrogens is 673 g/mol. The quantitative estimate of drug-likeness (QED) is 0.0274. The van der Waals surface area contributed by atoms with Gasteiger partial charge in [-0.3, -0.25) is 13.8 Å². The number of carbonyl (C=O) groups is 1. The number of unbranched alkanes of at least 4 members (excludes halogenated alkanes) is 22. The number of nitrogens with two attached hydrogens (primary N) is 1. The first kappa shape index (κ1) is 50.7. The first-order valence-corrected chi connectivity index (χ1v) is 23.0. The zero-order chi connectivity index (χ0) is 38.1. The van der Waals surface area contributed by atoms with Crippen molar-refractivity contribution in [1.82, 2.24) is 0 Å². The summed E-state index contributed by atoms with van der Waals surface area (Å²) in [5.74, 6) is -0.335. The van der Waals surface area contributed by atoms with E-state index in [0.29, 0.717) is 13.0 Å². The summed E-state index contributed by atoms with van der Waals surface area (Å²) in [6.45, 7) is 4.89. The third-order valence-corrected chi connectivity index (χ3v) is 10.0. The SMILES string of the molecule is CCCCCCC/C=C\C/C=C\C/C=C\CCCCCCCCCCCCC(=O)OC(COCCCCCCCCCC)COP(=O)(O)OCCN. The summed E-state index contributed by atoms with van der Waals surface area (Å²) in [7, 11) is -4.27. The lowest BCUT2D eigenvalue weighted by atomic mass is 10.0. The molecule has 0 rings (SSSR count). The van der Waals surface area contributed by atoms with Crippen LogP contribution in [0, 0.1) is 0 Å². The zero-order valence-electron chi connectivity index (χ0n) is 33.8. The van der Waals surface area contributed by atoms with E-state index in [1.54, 1.807) is 0 Å². The van der Waals surface area contributed by atoms with Crippen LogP contribution in [0.15, 0.2) is 36.5 Å². The van der Waals surface area contributed by atoms with Crippen LogP contribution in [-0.4, -0.2) is 49.9 Å². The number of allylic oxidation sites excluding steroid dienone is 6. The summed E-state index contributed by atoms with van der Waals surface area (Å²) in [4.78, 5) is 22.4. The number of hydrogen-bond donors (Lipinski definition) is 2. The summed E-state index contributed by atoms with van der Waals surface area (Å²) < 4.78 is 33.3. The highest BCUT2D eigenvalue weighted by Gasteiger charge is 2.25. The van der Waals surface area contributed by atoms with Gasteiger partial charge in [0.1, 0.15) is 6.10 Å². The van der Waals surface area contributed by atoms with Gasteiger partial charge in [-0.25, -0.2) is 4.57 Å². The van der Waals surface area contributed by atoms with Gasteiger partial charge >= 0.3 is 13.8 Å². The van der Waals surface area contributed by atoms with E-state index in [9.17, 15) is 14.3 Å². The van der Waals surface area contributed by atoms with Crippen LogP contribution in [0.25, 0.3) is 0 Å². The maximum Gasteiger partial charge on any atom is 0.472 e. The first-order valence-electron chi connectivity index (χ1n) is 21.5. The Balaban J connectivity index is 3.90. The third-order valence-electron chi connectivity index (χ3n) is 9.06. The molecule has 0 spiro atoms. The van der Waals surface area contributed by atoms with Gasteiger partial charge in [0.2, 0.25) is 0 Å². The van der Waals surface area contributed by atoms with E-state index in [0.717, 1.165) is 44.9 Å². The third kappa shape index (κ3) is 39.9. The molecule has 52 heavy (non-hydrogen) atoms. The van der Waals surface area contributed by atoms with Gasteiger partial charge in [0.25, 0.3) is 0 Å². The van der Waals surface area contributed by atoms with Gasteiger partial charge in [-0.05, 0) is 51.4 Å². The fraction of sp³-hybridized carbons (Fsp3) is 0.837. The fourth-order valence-corrected chi connectivity index (χ4v) is 6.65. The molecule has 0 aromatic carbocycles. The molecule has 2 unspecified atom stereocenters. The van der Waals surface area contributed by atoms with Crippen molar-refractivity contribution in [2.24, 2.45) is 5.73 Å². The van der Waals surface area contributed by atoms with Crippen LogP contribution in [0.1, 0.15) is 194 Å². The highest BCUT2D eigenvalue weighted by Crippen LogP contribution is 2.43. The molecule has 9 heteroatoms. The minimum absolute atomic E-state index is 0.0957. The average Bonchev–Trinajstić information content (AvgIpc) is 3.13. The van der Waals surface area contributed by atoms with E-state index in [1.807, 2.05) is 0 Å². The van der Waals surface area contributed by atoms with Gasteiger partial charge in [-0.2, -0.15) is 0 Å². The predicted octanol–water partition coefficient (Wildman–Crippen LogP) is 12.6. The van der Waals surface area contributed by atoms with E-state index >= 15 is 0 Å². The van der Waals surface area contributed by atoms with Gasteiger partial charge in [-0.15, -0.1) is 0 Å². The Labute approximate surface area is 320 Å².